The van der Waals surface area contributed by atoms with Crippen molar-refractivity contribution < 1.29 is 15.0 Å². The maximum atomic E-state index is 10.4. The predicted octanol–water partition coefficient (Wildman–Crippen LogP) is 1.30. The van der Waals surface area contributed by atoms with E-state index in [0.717, 1.165) is 16.9 Å². The SMILES string of the molecule is CCc1ccsc1CC(O)C(=O)O. The fourth-order valence-electron chi connectivity index (χ4n) is 1.12. The van der Waals surface area contributed by atoms with Crippen LogP contribution in [0.2, 0.25) is 0 Å². The molecule has 1 aromatic heterocycles. The summed E-state index contributed by atoms with van der Waals surface area (Å²) in [6.07, 6.45) is -0.176. The molecule has 2 N–H and O–H groups in total. The lowest BCUT2D eigenvalue weighted by atomic mass is 10.1. The molecule has 0 fully saturated rings. The third-order valence-electron chi connectivity index (χ3n) is 1.88. The number of aliphatic carboxylic acids is 1. The highest BCUT2D eigenvalue weighted by Gasteiger charge is 2.15. The molecule has 13 heavy (non-hydrogen) atoms. The second-order valence-corrected chi connectivity index (χ2v) is 3.78. The Bertz CT molecular complexity index is 293. The number of carbonyl (C=O) groups is 1. The quantitative estimate of drug-likeness (QED) is 0.770. The van der Waals surface area contributed by atoms with Crippen LogP contribution in [0.25, 0.3) is 0 Å². The molecular formula is C9H12O3S. The molecule has 0 saturated carbocycles. The van der Waals surface area contributed by atoms with Gasteiger partial charge in [0, 0.05) is 11.3 Å². The fraction of sp³-hybridized carbons (Fsp3) is 0.444. The van der Waals surface area contributed by atoms with Crippen LogP contribution in [0.3, 0.4) is 0 Å². The summed E-state index contributed by atoms with van der Waals surface area (Å²) in [4.78, 5) is 11.3. The molecule has 4 heteroatoms. The van der Waals surface area contributed by atoms with Crippen molar-refractivity contribution in [2.24, 2.45) is 0 Å². The first kappa shape index (κ1) is 10.2. The molecule has 0 aliphatic carbocycles. The van der Waals surface area contributed by atoms with Gasteiger partial charge < -0.3 is 10.2 Å². The molecule has 0 aromatic carbocycles. The van der Waals surface area contributed by atoms with Gasteiger partial charge >= 0.3 is 5.97 Å². The maximum absolute atomic E-state index is 10.4. The summed E-state index contributed by atoms with van der Waals surface area (Å²) in [6, 6.07) is 1.97. The molecule has 0 amide bonds. The maximum Gasteiger partial charge on any atom is 0.332 e. The van der Waals surface area contributed by atoms with Crippen molar-refractivity contribution in [1.29, 1.82) is 0 Å². The van der Waals surface area contributed by atoms with Gasteiger partial charge in [0.1, 0.15) is 0 Å². The van der Waals surface area contributed by atoms with Crippen LogP contribution in [0.4, 0.5) is 0 Å². The van der Waals surface area contributed by atoms with Crippen molar-refractivity contribution in [1.82, 2.24) is 0 Å². The van der Waals surface area contributed by atoms with Crippen molar-refractivity contribution in [3.63, 3.8) is 0 Å². The number of hydrogen-bond donors (Lipinski definition) is 2. The van der Waals surface area contributed by atoms with E-state index in [2.05, 4.69) is 0 Å². The average molecular weight is 200 g/mol. The van der Waals surface area contributed by atoms with Crippen LogP contribution >= 0.6 is 11.3 Å². The molecule has 72 valence electrons. The standard InChI is InChI=1S/C9H12O3S/c1-2-6-3-4-13-8(6)5-7(10)9(11)12/h3-4,7,10H,2,5H2,1H3,(H,11,12). The molecule has 0 aliphatic heterocycles. The van der Waals surface area contributed by atoms with Crippen LogP contribution in [0.5, 0.6) is 0 Å². The molecule has 1 atom stereocenters. The monoisotopic (exact) mass is 200 g/mol. The molecule has 0 spiro atoms. The number of hydrogen-bond acceptors (Lipinski definition) is 3. The minimum atomic E-state index is -1.27. The van der Waals surface area contributed by atoms with Gasteiger partial charge in [0.15, 0.2) is 6.10 Å². The Balaban J connectivity index is 2.68. The molecule has 0 radical (unpaired) electrons. The number of thiophene rings is 1. The van der Waals surface area contributed by atoms with Crippen LogP contribution in [0.1, 0.15) is 17.4 Å². The molecule has 1 rings (SSSR count). The van der Waals surface area contributed by atoms with Crippen LogP contribution in [0, 0.1) is 0 Å². The number of aryl methyl sites for hydroxylation is 1. The fourth-order valence-corrected chi connectivity index (χ4v) is 2.14. The van der Waals surface area contributed by atoms with Gasteiger partial charge in [-0.2, -0.15) is 0 Å². The average Bonchev–Trinajstić information content (AvgIpc) is 2.51. The van der Waals surface area contributed by atoms with E-state index < -0.39 is 12.1 Å². The van der Waals surface area contributed by atoms with Gasteiger partial charge in [-0.15, -0.1) is 11.3 Å². The lowest BCUT2D eigenvalue weighted by molar-refractivity contribution is -0.146. The van der Waals surface area contributed by atoms with Crippen LogP contribution < -0.4 is 0 Å². The molecule has 0 aliphatic rings. The van der Waals surface area contributed by atoms with E-state index in [1.165, 1.54) is 11.3 Å². The minimum Gasteiger partial charge on any atom is -0.479 e. The Kier molecular flexibility index (Phi) is 3.45. The number of carboxylic acids is 1. The molecule has 3 nitrogen and oxygen atoms in total. The Morgan fingerprint density at radius 1 is 1.69 bits per heavy atom. The second kappa shape index (κ2) is 4.39. The van der Waals surface area contributed by atoms with E-state index in [9.17, 15) is 4.79 Å². The van der Waals surface area contributed by atoms with Gasteiger partial charge in [0.2, 0.25) is 0 Å². The lowest BCUT2D eigenvalue weighted by Gasteiger charge is -2.04. The zero-order valence-corrected chi connectivity index (χ0v) is 8.17. The summed E-state index contributed by atoms with van der Waals surface area (Å²) in [7, 11) is 0. The Morgan fingerprint density at radius 3 is 2.92 bits per heavy atom. The highest BCUT2D eigenvalue weighted by Crippen LogP contribution is 2.19. The largest absolute Gasteiger partial charge is 0.479 e. The summed E-state index contributed by atoms with van der Waals surface area (Å²) in [5.74, 6) is -1.16. The summed E-state index contributed by atoms with van der Waals surface area (Å²) >= 11 is 1.50. The number of carboxylic acid groups (broad SMARTS) is 1. The third kappa shape index (κ3) is 2.54. The van der Waals surface area contributed by atoms with E-state index in [4.69, 9.17) is 10.2 Å². The van der Waals surface area contributed by atoms with Gasteiger partial charge in [-0.05, 0) is 23.4 Å². The number of rotatable bonds is 4. The van der Waals surface area contributed by atoms with Crippen LogP contribution in [-0.4, -0.2) is 22.3 Å². The first-order valence-electron chi connectivity index (χ1n) is 4.11. The smallest absolute Gasteiger partial charge is 0.332 e. The van der Waals surface area contributed by atoms with Crippen molar-refractivity contribution in [2.75, 3.05) is 0 Å². The Labute approximate surface area is 80.6 Å². The van der Waals surface area contributed by atoms with Crippen molar-refractivity contribution in [2.45, 2.75) is 25.9 Å². The van der Waals surface area contributed by atoms with Gasteiger partial charge in [-0.1, -0.05) is 6.92 Å². The zero-order chi connectivity index (χ0) is 9.84. The van der Waals surface area contributed by atoms with E-state index in [0.29, 0.717) is 0 Å². The molecule has 1 unspecified atom stereocenters. The Hall–Kier alpha value is -0.870. The number of aliphatic hydroxyl groups excluding tert-OH is 1. The van der Waals surface area contributed by atoms with Crippen molar-refractivity contribution >= 4 is 17.3 Å². The van der Waals surface area contributed by atoms with E-state index in [-0.39, 0.29) is 6.42 Å². The Morgan fingerprint density at radius 2 is 2.38 bits per heavy atom. The van der Waals surface area contributed by atoms with Gasteiger partial charge in [0.25, 0.3) is 0 Å². The topological polar surface area (TPSA) is 57.5 Å². The third-order valence-corrected chi connectivity index (χ3v) is 2.87. The summed E-state index contributed by atoms with van der Waals surface area (Å²) < 4.78 is 0. The van der Waals surface area contributed by atoms with Crippen LogP contribution in [0.15, 0.2) is 11.4 Å². The summed E-state index contributed by atoms with van der Waals surface area (Å²) in [5, 5.41) is 19.5. The van der Waals surface area contributed by atoms with E-state index in [1.54, 1.807) is 0 Å². The summed E-state index contributed by atoms with van der Waals surface area (Å²) in [5.41, 5.74) is 1.13. The summed E-state index contributed by atoms with van der Waals surface area (Å²) in [6.45, 7) is 2.01. The van der Waals surface area contributed by atoms with E-state index >= 15 is 0 Å². The van der Waals surface area contributed by atoms with Gasteiger partial charge in [0.05, 0.1) is 0 Å². The van der Waals surface area contributed by atoms with Crippen molar-refractivity contribution in [3.05, 3.63) is 21.9 Å². The minimum absolute atomic E-state index is 0.218. The molecule has 1 heterocycles. The number of aliphatic hydroxyl groups is 1. The van der Waals surface area contributed by atoms with Crippen molar-refractivity contribution in [3.8, 4) is 0 Å². The highest BCUT2D eigenvalue weighted by atomic mass is 32.1. The normalized spacial score (nSPS) is 12.8. The molecule has 1 aromatic rings. The first-order chi connectivity index (χ1) is 6.15. The molecule has 0 bridgehead atoms. The van der Waals surface area contributed by atoms with Gasteiger partial charge in [-0.25, -0.2) is 4.79 Å². The van der Waals surface area contributed by atoms with Crippen LogP contribution in [-0.2, 0) is 17.6 Å². The first-order valence-corrected chi connectivity index (χ1v) is 4.99. The van der Waals surface area contributed by atoms with E-state index in [1.807, 2.05) is 18.4 Å². The molecular weight excluding hydrogens is 188 g/mol. The highest BCUT2D eigenvalue weighted by molar-refractivity contribution is 7.10. The predicted molar refractivity (Wildman–Crippen MR) is 51.0 cm³/mol. The lowest BCUT2D eigenvalue weighted by Crippen LogP contribution is -2.21. The zero-order valence-electron chi connectivity index (χ0n) is 7.36. The second-order valence-electron chi connectivity index (χ2n) is 2.78. The molecule has 0 saturated heterocycles. The van der Waals surface area contributed by atoms with Gasteiger partial charge in [-0.3, -0.25) is 0 Å².